The van der Waals surface area contributed by atoms with Gasteiger partial charge < -0.3 is 14.2 Å². The van der Waals surface area contributed by atoms with E-state index in [9.17, 15) is 4.79 Å². The van der Waals surface area contributed by atoms with E-state index in [-0.39, 0.29) is 5.91 Å². The molecular weight excluding hydrogens is 424 g/mol. The van der Waals surface area contributed by atoms with Crippen LogP contribution in [0.2, 0.25) is 0 Å². The molecule has 32 heavy (non-hydrogen) atoms. The van der Waals surface area contributed by atoms with Gasteiger partial charge in [0.2, 0.25) is 5.91 Å². The first-order chi connectivity index (χ1) is 15.6. The average Bonchev–Trinajstić information content (AvgIpc) is 3.26. The molecule has 0 saturated carbocycles. The number of fused-ring (bicyclic) bond motifs is 1. The maximum absolute atomic E-state index is 13.5. The Morgan fingerprint density at radius 1 is 0.906 bits per heavy atom. The number of ether oxygens (including phenoxy) is 3. The zero-order valence-corrected chi connectivity index (χ0v) is 19.0. The summed E-state index contributed by atoms with van der Waals surface area (Å²) in [7, 11) is 4.82. The molecule has 1 heterocycles. The SMILES string of the molecule is COc1cccc(N(C(=O)CCc2ccc(OC)c(OC)c2)c2nc3ccccc3s2)c1. The second-order valence-corrected chi connectivity index (χ2v) is 8.09. The minimum atomic E-state index is -0.0490. The van der Waals surface area contributed by atoms with Crippen molar-refractivity contribution in [3.8, 4) is 17.2 Å². The first kappa shape index (κ1) is 21.6. The normalized spacial score (nSPS) is 10.7. The molecule has 0 spiro atoms. The fourth-order valence-corrected chi connectivity index (χ4v) is 4.47. The molecule has 3 aromatic carbocycles. The van der Waals surface area contributed by atoms with Crippen molar-refractivity contribution >= 4 is 38.3 Å². The van der Waals surface area contributed by atoms with Crippen LogP contribution in [-0.2, 0) is 11.2 Å². The molecule has 0 bridgehead atoms. The maximum Gasteiger partial charge on any atom is 0.233 e. The summed E-state index contributed by atoms with van der Waals surface area (Å²) in [6.07, 6.45) is 0.868. The van der Waals surface area contributed by atoms with Gasteiger partial charge in [0, 0.05) is 12.5 Å². The number of carbonyl (C=O) groups is 1. The molecule has 4 rings (SSSR count). The van der Waals surface area contributed by atoms with Gasteiger partial charge in [-0.25, -0.2) is 4.98 Å². The molecular formula is C25H24N2O4S. The van der Waals surface area contributed by atoms with E-state index < -0.39 is 0 Å². The van der Waals surface area contributed by atoms with Crippen LogP contribution in [-0.4, -0.2) is 32.2 Å². The van der Waals surface area contributed by atoms with Crippen molar-refractivity contribution in [2.45, 2.75) is 12.8 Å². The summed E-state index contributed by atoms with van der Waals surface area (Å²) in [5, 5.41) is 0.636. The van der Waals surface area contributed by atoms with Crippen LogP contribution in [0.1, 0.15) is 12.0 Å². The lowest BCUT2D eigenvalue weighted by molar-refractivity contribution is -0.117. The molecule has 0 aliphatic carbocycles. The van der Waals surface area contributed by atoms with Crippen LogP contribution in [0.25, 0.3) is 10.2 Å². The first-order valence-corrected chi connectivity index (χ1v) is 11.0. The van der Waals surface area contributed by atoms with Crippen LogP contribution < -0.4 is 19.1 Å². The molecule has 1 aromatic heterocycles. The van der Waals surface area contributed by atoms with E-state index in [0.717, 1.165) is 21.5 Å². The van der Waals surface area contributed by atoms with E-state index in [1.807, 2.05) is 66.7 Å². The molecule has 164 valence electrons. The maximum atomic E-state index is 13.5. The molecule has 0 unspecified atom stereocenters. The summed E-state index contributed by atoms with van der Waals surface area (Å²) >= 11 is 1.49. The zero-order chi connectivity index (χ0) is 22.5. The number of nitrogens with zero attached hydrogens (tertiary/aromatic N) is 2. The quantitative estimate of drug-likeness (QED) is 0.350. The summed E-state index contributed by atoms with van der Waals surface area (Å²) in [5.41, 5.74) is 2.58. The van der Waals surface area contributed by atoms with Crippen LogP contribution >= 0.6 is 11.3 Å². The van der Waals surface area contributed by atoms with Crippen LogP contribution in [0.3, 0.4) is 0 Å². The lowest BCUT2D eigenvalue weighted by Gasteiger charge is -2.21. The van der Waals surface area contributed by atoms with Gasteiger partial charge in [-0.05, 0) is 48.4 Å². The van der Waals surface area contributed by atoms with Gasteiger partial charge in [-0.1, -0.05) is 35.6 Å². The Balaban J connectivity index is 1.64. The topological polar surface area (TPSA) is 60.9 Å². The van der Waals surface area contributed by atoms with E-state index in [1.165, 1.54) is 11.3 Å². The molecule has 7 heteroatoms. The van der Waals surface area contributed by atoms with E-state index in [4.69, 9.17) is 19.2 Å². The molecule has 0 saturated heterocycles. The third-order valence-corrected chi connectivity index (χ3v) is 6.13. The Hall–Kier alpha value is -3.58. The van der Waals surface area contributed by atoms with Crippen LogP contribution in [0.5, 0.6) is 17.2 Å². The van der Waals surface area contributed by atoms with Crippen LogP contribution in [0, 0.1) is 0 Å². The van der Waals surface area contributed by atoms with Gasteiger partial charge in [-0.15, -0.1) is 0 Å². The van der Waals surface area contributed by atoms with Gasteiger partial charge >= 0.3 is 0 Å². The standard InChI is InChI=1S/C25H24N2O4S/c1-29-19-8-6-7-18(16-19)27(25-26-20-9-4-5-10-23(20)32-25)24(28)14-12-17-11-13-21(30-2)22(15-17)31-3/h4-11,13,15-16H,12,14H2,1-3H3. The number of amides is 1. The number of aromatic nitrogens is 1. The van der Waals surface area contributed by atoms with Crippen molar-refractivity contribution < 1.29 is 19.0 Å². The number of methoxy groups -OCH3 is 3. The molecule has 0 radical (unpaired) electrons. The first-order valence-electron chi connectivity index (χ1n) is 10.2. The predicted octanol–water partition coefficient (Wildman–Crippen LogP) is 5.62. The second-order valence-electron chi connectivity index (χ2n) is 7.08. The number of para-hydroxylation sites is 1. The lowest BCUT2D eigenvalue weighted by Crippen LogP contribution is -2.26. The Bertz CT molecular complexity index is 1200. The monoisotopic (exact) mass is 448 g/mol. The van der Waals surface area contributed by atoms with Gasteiger partial charge in [-0.3, -0.25) is 9.69 Å². The zero-order valence-electron chi connectivity index (χ0n) is 18.2. The fraction of sp³-hybridized carbons (Fsp3) is 0.200. The molecule has 4 aromatic rings. The van der Waals surface area contributed by atoms with E-state index in [1.54, 1.807) is 26.2 Å². The summed E-state index contributed by atoms with van der Waals surface area (Å²) in [4.78, 5) is 19.9. The van der Waals surface area contributed by atoms with Crippen molar-refractivity contribution in [1.29, 1.82) is 0 Å². The van der Waals surface area contributed by atoms with Crippen molar-refractivity contribution in [3.05, 3.63) is 72.3 Å². The van der Waals surface area contributed by atoms with Gasteiger partial charge in [0.15, 0.2) is 16.6 Å². The minimum Gasteiger partial charge on any atom is -0.497 e. The van der Waals surface area contributed by atoms with Crippen LogP contribution in [0.15, 0.2) is 66.7 Å². The number of hydrogen-bond donors (Lipinski definition) is 0. The van der Waals surface area contributed by atoms with Crippen molar-refractivity contribution in [3.63, 3.8) is 0 Å². The highest BCUT2D eigenvalue weighted by molar-refractivity contribution is 7.22. The Morgan fingerprint density at radius 3 is 2.47 bits per heavy atom. The number of benzene rings is 3. The predicted molar refractivity (Wildman–Crippen MR) is 128 cm³/mol. The number of aryl methyl sites for hydroxylation is 1. The molecule has 1 amide bonds. The number of hydrogen-bond acceptors (Lipinski definition) is 6. The van der Waals surface area contributed by atoms with E-state index in [0.29, 0.717) is 35.2 Å². The summed E-state index contributed by atoms with van der Waals surface area (Å²) < 4.78 is 17.1. The van der Waals surface area contributed by atoms with Crippen LogP contribution in [0.4, 0.5) is 10.8 Å². The van der Waals surface area contributed by atoms with Gasteiger partial charge in [0.05, 0.1) is 37.2 Å². The molecule has 0 aliphatic heterocycles. The lowest BCUT2D eigenvalue weighted by atomic mass is 10.1. The van der Waals surface area contributed by atoms with E-state index >= 15 is 0 Å². The highest BCUT2D eigenvalue weighted by Gasteiger charge is 2.22. The Kier molecular flexibility index (Phi) is 6.56. The number of anilines is 2. The largest absolute Gasteiger partial charge is 0.497 e. The summed E-state index contributed by atoms with van der Waals surface area (Å²) in [5.74, 6) is 1.94. The average molecular weight is 449 g/mol. The van der Waals surface area contributed by atoms with Gasteiger partial charge in [-0.2, -0.15) is 0 Å². The van der Waals surface area contributed by atoms with Gasteiger partial charge in [0.25, 0.3) is 0 Å². The third kappa shape index (κ3) is 4.53. The fourth-order valence-electron chi connectivity index (χ4n) is 3.47. The third-order valence-electron chi connectivity index (χ3n) is 5.11. The number of rotatable bonds is 8. The van der Waals surface area contributed by atoms with Gasteiger partial charge in [0.1, 0.15) is 5.75 Å². The second kappa shape index (κ2) is 9.70. The Morgan fingerprint density at radius 2 is 1.72 bits per heavy atom. The highest BCUT2D eigenvalue weighted by atomic mass is 32.1. The highest BCUT2D eigenvalue weighted by Crippen LogP contribution is 2.35. The molecule has 0 N–H and O–H groups in total. The molecule has 0 aliphatic rings. The van der Waals surface area contributed by atoms with Crippen molar-refractivity contribution in [2.24, 2.45) is 0 Å². The number of thiazole rings is 1. The smallest absolute Gasteiger partial charge is 0.233 e. The van der Waals surface area contributed by atoms with Crippen molar-refractivity contribution in [1.82, 2.24) is 4.98 Å². The molecule has 6 nitrogen and oxygen atoms in total. The van der Waals surface area contributed by atoms with E-state index in [2.05, 4.69) is 0 Å². The Labute approximate surface area is 191 Å². The summed E-state index contributed by atoms with van der Waals surface area (Å²) in [6.45, 7) is 0. The molecule has 0 atom stereocenters. The number of carbonyl (C=O) groups excluding carboxylic acids is 1. The molecule has 0 fully saturated rings. The minimum absolute atomic E-state index is 0.0490. The summed E-state index contributed by atoms with van der Waals surface area (Å²) in [6, 6.07) is 21.0. The van der Waals surface area contributed by atoms with Crippen molar-refractivity contribution in [2.75, 3.05) is 26.2 Å².